The Balaban J connectivity index is 3.29. The first-order valence-electron chi connectivity index (χ1n) is 2.85. The van der Waals surface area contributed by atoms with Crippen molar-refractivity contribution in [1.82, 2.24) is 9.97 Å². The lowest BCUT2D eigenvalue weighted by Gasteiger charge is -1.97. The van der Waals surface area contributed by atoms with Crippen molar-refractivity contribution >= 4 is 29.1 Å². The van der Waals surface area contributed by atoms with Crippen LogP contribution in [0.3, 0.4) is 0 Å². The number of nitrogens with zero attached hydrogens (tertiary/aromatic N) is 3. The Morgan fingerprint density at radius 2 is 2.33 bits per heavy atom. The van der Waals surface area contributed by atoms with E-state index in [0.717, 1.165) is 11.8 Å². The number of nitro groups is 1. The monoisotopic (exact) mass is 205 g/mol. The van der Waals surface area contributed by atoms with Gasteiger partial charge in [-0.05, 0) is 6.26 Å². The summed E-state index contributed by atoms with van der Waals surface area (Å²) in [5.41, 5.74) is -0.230. The zero-order valence-electron chi connectivity index (χ0n) is 6.02. The van der Waals surface area contributed by atoms with Crippen LogP contribution in [-0.2, 0) is 0 Å². The molecule has 0 saturated heterocycles. The molecule has 1 aromatic rings. The minimum absolute atomic E-state index is 0.126. The highest BCUT2D eigenvalue weighted by Gasteiger charge is 2.20. The number of thioether (sulfide) groups is 1. The molecule has 1 aromatic heterocycles. The maximum absolute atomic E-state index is 10.4. The minimum Gasteiger partial charge on any atom is -0.258 e. The fourth-order valence-electron chi connectivity index (χ4n) is 0.645. The Bertz CT molecular complexity index is 320. The highest BCUT2D eigenvalue weighted by atomic mass is 35.5. The number of hydrogen-bond donors (Lipinski definition) is 0. The Labute approximate surface area is 77.3 Å². The molecule has 0 spiro atoms. The summed E-state index contributed by atoms with van der Waals surface area (Å²) < 4.78 is 0. The SMILES string of the molecule is CSc1ncnc(Cl)c1[N+](=O)[O-]. The van der Waals surface area contributed by atoms with E-state index in [1.807, 2.05) is 0 Å². The van der Waals surface area contributed by atoms with E-state index in [-0.39, 0.29) is 15.9 Å². The number of aromatic nitrogens is 2. The van der Waals surface area contributed by atoms with Crippen molar-refractivity contribution in [3.63, 3.8) is 0 Å². The van der Waals surface area contributed by atoms with Crippen LogP contribution in [-0.4, -0.2) is 21.1 Å². The van der Waals surface area contributed by atoms with Gasteiger partial charge in [-0.1, -0.05) is 11.6 Å². The van der Waals surface area contributed by atoms with Gasteiger partial charge in [-0.3, -0.25) is 10.1 Å². The molecule has 1 heterocycles. The van der Waals surface area contributed by atoms with Crippen LogP contribution in [0.15, 0.2) is 11.4 Å². The van der Waals surface area contributed by atoms with E-state index in [9.17, 15) is 10.1 Å². The lowest BCUT2D eigenvalue weighted by molar-refractivity contribution is -0.388. The van der Waals surface area contributed by atoms with Crippen LogP contribution >= 0.6 is 23.4 Å². The summed E-state index contributed by atoms with van der Waals surface area (Å²) in [7, 11) is 0. The molecule has 64 valence electrons. The van der Waals surface area contributed by atoms with Crippen LogP contribution in [0, 0.1) is 10.1 Å². The van der Waals surface area contributed by atoms with Crippen molar-refractivity contribution in [1.29, 1.82) is 0 Å². The molecule has 0 N–H and O–H groups in total. The average molecular weight is 206 g/mol. The molecule has 0 bridgehead atoms. The van der Waals surface area contributed by atoms with E-state index in [2.05, 4.69) is 9.97 Å². The number of halogens is 1. The zero-order chi connectivity index (χ0) is 9.14. The quantitative estimate of drug-likeness (QED) is 0.319. The molecule has 5 nitrogen and oxygen atoms in total. The molecule has 1 rings (SSSR count). The van der Waals surface area contributed by atoms with Gasteiger partial charge in [0.1, 0.15) is 6.33 Å². The smallest absolute Gasteiger partial charge is 0.258 e. The molecule has 0 fully saturated rings. The normalized spacial score (nSPS) is 9.83. The Hall–Kier alpha value is -0.880. The molecule has 0 aliphatic heterocycles. The third kappa shape index (κ3) is 1.64. The predicted octanol–water partition coefficient (Wildman–Crippen LogP) is 1.76. The fourth-order valence-corrected chi connectivity index (χ4v) is 1.42. The molecular weight excluding hydrogens is 202 g/mol. The predicted molar refractivity (Wildman–Crippen MR) is 45.5 cm³/mol. The van der Waals surface area contributed by atoms with Gasteiger partial charge in [0.25, 0.3) is 0 Å². The van der Waals surface area contributed by atoms with Crippen LogP contribution in [0.2, 0.25) is 5.15 Å². The van der Waals surface area contributed by atoms with Crippen LogP contribution in [0.5, 0.6) is 0 Å². The van der Waals surface area contributed by atoms with Crippen molar-refractivity contribution < 1.29 is 4.92 Å². The van der Waals surface area contributed by atoms with Crippen LogP contribution in [0.25, 0.3) is 0 Å². The van der Waals surface area contributed by atoms with Crippen molar-refractivity contribution in [3.8, 4) is 0 Å². The third-order valence-electron chi connectivity index (χ3n) is 1.12. The van der Waals surface area contributed by atoms with Crippen LogP contribution in [0.4, 0.5) is 5.69 Å². The van der Waals surface area contributed by atoms with Crippen molar-refractivity contribution in [2.45, 2.75) is 5.03 Å². The fraction of sp³-hybridized carbons (Fsp3) is 0.200. The average Bonchev–Trinajstić information content (AvgIpc) is 2.03. The molecule has 12 heavy (non-hydrogen) atoms. The molecular formula is C5H4ClN3O2S. The first-order valence-corrected chi connectivity index (χ1v) is 4.46. The van der Waals surface area contributed by atoms with Gasteiger partial charge in [0.15, 0.2) is 5.03 Å². The van der Waals surface area contributed by atoms with Crippen molar-refractivity contribution in [2.24, 2.45) is 0 Å². The summed E-state index contributed by atoms with van der Waals surface area (Å²) in [4.78, 5) is 17.1. The topological polar surface area (TPSA) is 68.9 Å². The van der Waals surface area contributed by atoms with Gasteiger partial charge in [-0.2, -0.15) is 0 Å². The van der Waals surface area contributed by atoms with E-state index < -0.39 is 4.92 Å². The lowest BCUT2D eigenvalue weighted by Crippen LogP contribution is -1.95. The molecule has 0 aliphatic rings. The summed E-state index contributed by atoms with van der Waals surface area (Å²) in [5.74, 6) is 0. The van der Waals surface area contributed by atoms with E-state index in [1.165, 1.54) is 6.33 Å². The van der Waals surface area contributed by atoms with Gasteiger partial charge in [0.2, 0.25) is 5.15 Å². The molecule has 0 amide bonds. The van der Waals surface area contributed by atoms with E-state index in [0.29, 0.717) is 0 Å². The number of rotatable bonds is 2. The van der Waals surface area contributed by atoms with Gasteiger partial charge < -0.3 is 0 Å². The van der Waals surface area contributed by atoms with Gasteiger partial charge in [0, 0.05) is 0 Å². The van der Waals surface area contributed by atoms with E-state index >= 15 is 0 Å². The second-order valence-electron chi connectivity index (χ2n) is 1.78. The highest BCUT2D eigenvalue weighted by molar-refractivity contribution is 7.98. The maximum Gasteiger partial charge on any atom is 0.338 e. The van der Waals surface area contributed by atoms with Gasteiger partial charge in [0.05, 0.1) is 4.92 Å². The molecule has 0 unspecified atom stereocenters. The second kappa shape index (κ2) is 3.68. The molecule has 0 radical (unpaired) electrons. The molecule has 0 aromatic carbocycles. The zero-order valence-corrected chi connectivity index (χ0v) is 7.59. The Kier molecular flexibility index (Phi) is 2.83. The summed E-state index contributed by atoms with van der Waals surface area (Å²) >= 11 is 6.66. The molecule has 0 aliphatic carbocycles. The van der Waals surface area contributed by atoms with Crippen molar-refractivity contribution in [3.05, 3.63) is 21.6 Å². The largest absolute Gasteiger partial charge is 0.338 e. The summed E-state index contributed by atoms with van der Waals surface area (Å²) in [6.45, 7) is 0. The Morgan fingerprint density at radius 1 is 1.67 bits per heavy atom. The number of hydrogen-bond acceptors (Lipinski definition) is 5. The summed E-state index contributed by atoms with van der Waals surface area (Å²) in [6.07, 6.45) is 2.88. The minimum atomic E-state index is -0.589. The van der Waals surface area contributed by atoms with Gasteiger partial charge >= 0.3 is 5.69 Å². The van der Waals surface area contributed by atoms with Crippen LogP contribution < -0.4 is 0 Å². The van der Waals surface area contributed by atoms with E-state index in [4.69, 9.17) is 11.6 Å². The van der Waals surface area contributed by atoms with Gasteiger partial charge in [-0.15, -0.1) is 11.8 Å². The second-order valence-corrected chi connectivity index (χ2v) is 2.93. The molecule has 0 atom stereocenters. The summed E-state index contributed by atoms with van der Waals surface area (Å²) in [5, 5.41) is 10.6. The molecule has 0 saturated carbocycles. The van der Waals surface area contributed by atoms with E-state index in [1.54, 1.807) is 6.26 Å². The maximum atomic E-state index is 10.4. The third-order valence-corrected chi connectivity index (χ3v) is 2.08. The molecule has 7 heteroatoms. The highest BCUT2D eigenvalue weighted by Crippen LogP contribution is 2.29. The Morgan fingerprint density at radius 3 is 2.75 bits per heavy atom. The standard InChI is InChI=1S/C5H4ClN3O2S/c1-12-5-3(9(10)11)4(6)7-2-8-5/h2H,1H3. The first kappa shape index (κ1) is 9.21. The van der Waals surface area contributed by atoms with Crippen molar-refractivity contribution in [2.75, 3.05) is 6.26 Å². The lowest BCUT2D eigenvalue weighted by atomic mass is 10.5. The van der Waals surface area contributed by atoms with Crippen LogP contribution in [0.1, 0.15) is 0 Å². The first-order chi connectivity index (χ1) is 5.66. The van der Waals surface area contributed by atoms with Gasteiger partial charge in [-0.25, -0.2) is 9.97 Å². The summed E-state index contributed by atoms with van der Waals surface area (Å²) in [6, 6.07) is 0.